The molecule has 2 aromatic rings. The van der Waals surface area contributed by atoms with Crippen LogP contribution in [0.3, 0.4) is 0 Å². The van der Waals surface area contributed by atoms with Gasteiger partial charge in [-0.15, -0.1) is 0 Å². The zero-order valence-electron chi connectivity index (χ0n) is 15.0. The van der Waals surface area contributed by atoms with Crippen LogP contribution in [0.15, 0.2) is 40.0 Å². The number of rotatable bonds is 6. The minimum absolute atomic E-state index is 0.286. The smallest absolute Gasteiger partial charge is 0.191 e. The lowest BCUT2D eigenvalue weighted by Gasteiger charge is -2.22. The molecule has 3 rings (SSSR count). The van der Waals surface area contributed by atoms with Crippen molar-refractivity contribution in [2.45, 2.75) is 25.9 Å². The van der Waals surface area contributed by atoms with E-state index in [1.54, 1.807) is 13.4 Å². The molecule has 2 heterocycles. The number of methoxy groups -OCH3 is 1. The standard InChI is InChI=1S/C18H24ClN5O2/c1-3-20-18(21-11-14-7-9-26-23-14)22-15-6-8-24(12-15)16-10-13(19)4-5-17(16)25-2/h4-5,7,9-10,15H,3,6,8,11-12H2,1-2H3,(H2,20,21,22). The maximum absolute atomic E-state index is 6.16. The predicted molar refractivity (Wildman–Crippen MR) is 103 cm³/mol. The van der Waals surface area contributed by atoms with Gasteiger partial charge in [-0.3, -0.25) is 0 Å². The number of nitrogens with zero attached hydrogens (tertiary/aromatic N) is 3. The van der Waals surface area contributed by atoms with Crippen LogP contribution in [0.5, 0.6) is 5.75 Å². The zero-order valence-corrected chi connectivity index (χ0v) is 15.8. The van der Waals surface area contributed by atoms with Crippen LogP contribution in [0, 0.1) is 0 Å². The third-order valence-electron chi connectivity index (χ3n) is 4.25. The van der Waals surface area contributed by atoms with Gasteiger partial charge >= 0.3 is 0 Å². The summed E-state index contributed by atoms with van der Waals surface area (Å²) in [6, 6.07) is 7.80. The Morgan fingerprint density at radius 2 is 2.35 bits per heavy atom. The molecule has 0 spiro atoms. The van der Waals surface area contributed by atoms with E-state index in [-0.39, 0.29) is 6.04 Å². The van der Waals surface area contributed by atoms with Crippen molar-refractivity contribution >= 4 is 23.2 Å². The lowest BCUT2D eigenvalue weighted by Crippen LogP contribution is -2.44. The number of hydrogen-bond donors (Lipinski definition) is 2. The minimum Gasteiger partial charge on any atom is -0.495 e. The monoisotopic (exact) mass is 377 g/mol. The Hall–Kier alpha value is -2.41. The molecule has 1 atom stereocenters. The molecule has 1 aromatic heterocycles. The van der Waals surface area contributed by atoms with E-state index in [1.807, 2.05) is 31.2 Å². The summed E-state index contributed by atoms with van der Waals surface area (Å²) in [7, 11) is 1.68. The Morgan fingerprint density at radius 3 is 3.08 bits per heavy atom. The molecule has 0 amide bonds. The van der Waals surface area contributed by atoms with Crippen LogP contribution in [0.25, 0.3) is 0 Å². The highest BCUT2D eigenvalue weighted by molar-refractivity contribution is 6.30. The van der Waals surface area contributed by atoms with Gasteiger partial charge in [0.2, 0.25) is 0 Å². The van der Waals surface area contributed by atoms with Gasteiger partial charge < -0.3 is 24.8 Å². The van der Waals surface area contributed by atoms with E-state index < -0.39 is 0 Å². The zero-order chi connectivity index (χ0) is 18.4. The highest BCUT2D eigenvalue weighted by atomic mass is 35.5. The summed E-state index contributed by atoms with van der Waals surface area (Å²) in [6.45, 7) is 5.10. The summed E-state index contributed by atoms with van der Waals surface area (Å²) in [5.74, 6) is 1.61. The van der Waals surface area contributed by atoms with E-state index in [2.05, 4.69) is 25.7 Å². The summed E-state index contributed by atoms with van der Waals surface area (Å²) in [5.41, 5.74) is 1.83. The average Bonchev–Trinajstić information content (AvgIpc) is 3.32. The Labute approximate surface area is 158 Å². The molecule has 1 unspecified atom stereocenters. The van der Waals surface area contributed by atoms with Gasteiger partial charge in [0.1, 0.15) is 17.7 Å². The van der Waals surface area contributed by atoms with Crippen molar-refractivity contribution in [1.29, 1.82) is 0 Å². The molecule has 0 aliphatic carbocycles. The fourth-order valence-corrected chi connectivity index (χ4v) is 3.17. The Kier molecular flexibility index (Phi) is 6.22. The number of guanidine groups is 1. The van der Waals surface area contributed by atoms with Gasteiger partial charge in [0.25, 0.3) is 0 Å². The number of anilines is 1. The molecule has 2 N–H and O–H groups in total. The van der Waals surface area contributed by atoms with Crippen molar-refractivity contribution in [3.8, 4) is 5.75 Å². The third-order valence-corrected chi connectivity index (χ3v) is 4.48. The number of hydrogen-bond acceptors (Lipinski definition) is 5. The van der Waals surface area contributed by atoms with Crippen molar-refractivity contribution in [3.05, 3.63) is 41.2 Å². The topological polar surface area (TPSA) is 74.9 Å². The van der Waals surface area contributed by atoms with Crippen molar-refractivity contribution in [1.82, 2.24) is 15.8 Å². The molecule has 1 aromatic carbocycles. The van der Waals surface area contributed by atoms with Crippen molar-refractivity contribution in [2.24, 2.45) is 4.99 Å². The highest BCUT2D eigenvalue weighted by Gasteiger charge is 2.25. The van der Waals surface area contributed by atoms with E-state index >= 15 is 0 Å². The molecular formula is C18H24ClN5O2. The highest BCUT2D eigenvalue weighted by Crippen LogP contribution is 2.33. The summed E-state index contributed by atoms with van der Waals surface area (Å²) in [6.07, 6.45) is 2.56. The molecule has 0 bridgehead atoms. The minimum atomic E-state index is 0.286. The normalized spacial score (nSPS) is 17.4. The Bertz CT molecular complexity index is 735. The lowest BCUT2D eigenvalue weighted by molar-refractivity contribution is 0.412. The SMILES string of the molecule is CCNC(=NCc1ccon1)NC1CCN(c2cc(Cl)ccc2OC)C1. The van der Waals surface area contributed by atoms with Gasteiger partial charge in [0.05, 0.1) is 19.3 Å². The first kappa shape index (κ1) is 18.4. The van der Waals surface area contributed by atoms with Gasteiger partial charge in [-0.25, -0.2) is 4.99 Å². The Morgan fingerprint density at radius 1 is 1.46 bits per heavy atom. The van der Waals surface area contributed by atoms with E-state index in [4.69, 9.17) is 20.9 Å². The van der Waals surface area contributed by atoms with E-state index in [0.29, 0.717) is 11.6 Å². The van der Waals surface area contributed by atoms with Gasteiger partial charge in [0.15, 0.2) is 5.96 Å². The molecule has 8 heteroatoms. The maximum atomic E-state index is 6.16. The maximum Gasteiger partial charge on any atom is 0.191 e. The first-order valence-electron chi connectivity index (χ1n) is 8.72. The number of halogens is 1. The van der Waals surface area contributed by atoms with E-state index in [9.17, 15) is 0 Å². The molecule has 1 aliphatic heterocycles. The number of aromatic nitrogens is 1. The molecule has 140 valence electrons. The average molecular weight is 378 g/mol. The first-order chi connectivity index (χ1) is 12.7. The molecule has 1 fully saturated rings. The van der Waals surface area contributed by atoms with Crippen LogP contribution in [0.4, 0.5) is 5.69 Å². The van der Waals surface area contributed by atoms with Crippen LogP contribution in [0.2, 0.25) is 5.02 Å². The van der Waals surface area contributed by atoms with Crippen LogP contribution in [-0.2, 0) is 6.54 Å². The van der Waals surface area contributed by atoms with Crippen LogP contribution in [-0.4, -0.2) is 43.9 Å². The van der Waals surface area contributed by atoms with Crippen LogP contribution in [0.1, 0.15) is 19.0 Å². The van der Waals surface area contributed by atoms with E-state index in [1.165, 1.54) is 0 Å². The summed E-state index contributed by atoms with van der Waals surface area (Å²) in [4.78, 5) is 6.85. The third kappa shape index (κ3) is 4.60. The number of benzene rings is 1. The number of ether oxygens (including phenoxy) is 1. The molecule has 26 heavy (non-hydrogen) atoms. The second-order valence-corrected chi connectivity index (χ2v) is 6.51. The molecule has 7 nitrogen and oxygen atoms in total. The molecule has 1 aliphatic rings. The molecular weight excluding hydrogens is 354 g/mol. The van der Waals surface area contributed by atoms with E-state index in [0.717, 1.165) is 49.1 Å². The van der Waals surface area contributed by atoms with Crippen LogP contribution >= 0.6 is 11.6 Å². The van der Waals surface area contributed by atoms with Gasteiger partial charge in [-0.2, -0.15) is 0 Å². The summed E-state index contributed by atoms with van der Waals surface area (Å²) < 4.78 is 10.3. The largest absolute Gasteiger partial charge is 0.495 e. The molecule has 0 saturated carbocycles. The van der Waals surface area contributed by atoms with Gasteiger partial charge in [-0.1, -0.05) is 16.8 Å². The van der Waals surface area contributed by atoms with Crippen LogP contribution < -0.4 is 20.3 Å². The number of aliphatic imine (C=N–C) groups is 1. The van der Waals surface area contributed by atoms with Gasteiger partial charge in [-0.05, 0) is 31.5 Å². The van der Waals surface area contributed by atoms with Crippen molar-refractivity contribution in [3.63, 3.8) is 0 Å². The Balaban J connectivity index is 1.64. The summed E-state index contributed by atoms with van der Waals surface area (Å²) in [5, 5.41) is 11.4. The fraction of sp³-hybridized carbons (Fsp3) is 0.444. The van der Waals surface area contributed by atoms with Crippen molar-refractivity contribution < 1.29 is 9.26 Å². The van der Waals surface area contributed by atoms with Gasteiger partial charge in [0, 0.05) is 36.8 Å². The second kappa shape index (κ2) is 8.80. The van der Waals surface area contributed by atoms with Crippen molar-refractivity contribution in [2.75, 3.05) is 31.6 Å². The molecule has 0 radical (unpaired) electrons. The quantitative estimate of drug-likeness (QED) is 0.595. The first-order valence-corrected chi connectivity index (χ1v) is 9.10. The number of nitrogens with one attached hydrogen (secondary N) is 2. The molecule has 1 saturated heterocycles. The second-order valence-electron chi connectivity index (χ2n) is 6.08. The lowest BCUT2D eigenvalue weighted by atomic mass is 10.2. The fourth-order valence-electron chi connectivity index (χ4n) is 3.00. The predicted octanol–water partition coefficient (Wildman–Crippen LogP) is 2.67. The summed E-state index contributed by atoms with van der Waals surface area (Å²) >= 11 is 6.16.